The summed E-state index contributed by atoms with van der Waals surface area (Å²) in [6.45, 7) is 7.64. The molecule has 6 heteroatoms. The first kappa shape index (κ1) is 19.7. The maximum absolute atomic E-state index is 13.1. The van der Waals surface area contributed by atoms with Crippen LogP contribution in [0.5, 0.6) is 0 Å². The number of methoxy groups -OCH3 is 1. The van der Waals surface area contributed by atoms with Gasteiger partial charge >= 0.3 is 0 Å². The van der Waals surface area contributed by atoms with Crippen molar-refractivity contribution in [1.29, 1.82) is 0 Å². The Morgan fingerprint density at radius 3 is 2.73 bits per heavy atom. The molecule has 22 heavy (non-hydrogen) atoms. The van der Waals surface area contributed by atoms with E-state index in [4.69, 9.17) is 9.47 Å². The van der Waals surface area contributed by atoms with E-state index in [1.54, 1.807) is 7.11 Å². The largest absolute Gasteiger partial charge is 0.384 e. The van der Waals surface area contributed by atoms with Crippen LogP contribution in [0.15, 0.2) is 0 Å². The lowest BCUT2D eigenvalue weighted by molar-refractivity contribution is -0.150. The number of piperidine rings is 2. The summed E-state index contributed by atoms with van der Waals surface area (Å²) in [5, 5.41) is 3.35. The van der Waals surface area contributed by atoms with Crippen LogP contribution in [0.2, 0.25) is 0 Å². The fourth-order valence-electron chi connectivity index (χ4n) is 3.61. The average Bonchev–Trinajstić information content (AvgIpc) is 2.53. The van der Waals surface area contributed by atoms with E-state index in [9.17, 15) is 4.79 Å². The molecule has 1 unspecified atom stereocenters. The Bertz CT molecular complexity index is 330. The molecule has 1 N–H and O–H groups in total. The Balaban J connectivity index is 0.00000242. The molecule has 0 aliphatic carbocycles. The first-order chi connectivity index (χ1) is 10.2. The Hall–Kier alpha value is -0.360. The second-order valence-corrected chi connectivity index (χ2v) is 6.38. The van der Waals surface area contributed by atoms with Gasteiger partial charge in [0.2, 0.25) is 5.91 Å². The summed E-state index contributed by atoms with van der Waals surface area (Å²) >= 11 is 0. The number of nitrogens with one attached hydrogen (secondary N) is 1. The van der Waals surface area contributed by atoms with Crippen molar-refractivity contribution in [3.8, 4) is 0 Å². The van der Waals surface area contributed by atoms with Crippen molar-refractivity contribution in [1.82, 2.24) is 10.2 Å². The highest BCUT2D eigenvalue weighted by atomic mass is 35.5. The molecule has 5 nitrogen and oxygen atoms in total. The van der Waals surface area contributed by atoms with Gasteiger partial charge in [-0.2, -0.15) is 0 Å². The quantitative estimate of drug-likeness (QED) is 0.803. The van der Waals surface area contributed by atoms with Crippen LogP contribution < -0.4 is 5.32 Å². The van der Waals surface area contributed by atoms with Crippen molar-refractivity contribution in [2.45, 2.75) is 32.6 Å². The number of carbonyl (C=O) groups is 1. The van der Waals surface area contributed by atoms with Gasteiger partial charge in [0.25, 0.3) is 0 Å². The van der Waals surface area contributed by atoms with E-state index >= 15 is 0 Å². The maximum Gasteiger partial charge on any atom is 0.231 e. The van der Waals surface area contributed by atoms with Gasteiger partial charge in [-0.15, -0.1) is 12.4 Å². The van der Waals surface area contributed by atoms with Crippen LogP contribution in [0.3, 0.4) is 0 Å². The Labute approximate surface area is 140 Å². The zero-order valence-corrected chi connectivity index (χ0v) is 14.8. The van der Waals surface area contributed by atoms with E-state index in [-0.39, 0.29) is 17.8 Å². The van der Waals surface area contributed by atoms with Gasteiger partial charge in [0.15, 0.2) is 0 Å². The number of carbonyl (C=O) groups excluding carboxylic acids is 1. The molecule has 2 heterocycles. The first-order valence-corrected chi connectivity index (χ1v) is 8.28. The standard InChI is InChI=1S/C16H30N2O3.ClH/c1-3-21-12-14-5-4-10-18(11-14)15(19)16(13-20-2)6-8-17-9-7-16;/h14,17H,3-13H2,1-2H3;1H. The Morgan fingerprint density at radius 2 is 2.09 bits per heavy atom. The smallest absolute Gasteiger partial charge is 0.231 e. The van der Waals surface area contributed by atoms with Crippen molar-refractivity contribution in [3.05, 3.63) is 0 Å². The summed E-state index contributed by atoms with van der Waals surface area (Å²) in [5.41, 5.74) is -0.312. The average molecular weight is 335 g/mol. The van der Waals surface area contributed by atoms with Gasteiger partial charge in [-0.25, -0.2) is 0 Å². The zero-order valence-electron chi connectivity index (χ0n) is 13.9. The van der Waals surface area contributed by atoms with Crippen LogP contribution >= 0.6 is 12.4 Å². The molecule has 2 fully saturated rings. The minimum absolute atomic E-state index is 0. The van der Waals surface area contributed by atoms with Crippen LogP contribution in [-0.2, 0) is 14.3 Å². The van der Waals surface area contributed by atoms with Gasteiger partial charge in [-0.1, -0.05) is 0 Å². The normalized spacial score (nSPS) is 24.6. The third-order valence-electron chi connectivity index (χ3n) is 4.80. The van der Waals surface area contributed by atoms with E-state index < -0.39 is 0 Å². The highest BCUT2D eigenvalue weighted by Crippen LogP contribution is 2.33. The summed E-state index contributed by atoms with van der Waals surface area (Å²) in [4.78, 5) is 15.1. The number of nitrogens with zero attached hydrogens (tertiary/aromatic N) is 1. The molecule has 0 spiro atoms. The van der Waals surface area contributed by atoms with Crippen LogP contribution in [0.25, 0.3) is 0 Å². The molecule has 2 saturated heterocycles. The van der Waals surface area contributed by atoms with Crippen LogP contribution in [0.1, 0.15) is 32.6 Å². The summed E-state index contributed by atoms with van der Waals surface area (Å²) in [7, 11) is 1.70. The lowest BCUT2D eigenvalue weighted by atomic mass is 9.77. The summed E-state index contributed by atoms with van der Waals surface area (Å²) in [6.07, 6.45) is 4.02. The highest BCUT2D eigenvalue weighted by Gasteiger charge is 2.43. The molecular weight excluding hydrogens is 304 g/mol. The fourth-order valence-corrected chi connectivity index (χ4v) is 3.61. The molecule has 0 aromatic rings. The number of rotatable bonds is 6. The van der Waals surface area contributed by atoms with E-state index in [0.717, 1.165) is 58.7 Å². The predicted molar refractivity (Wildman–Crippen MR) is 89.5 cm³/mol. The van der Waals surface area contributed by atoms with Gasteiger partial charge in [-0.05, 0) is 51.6 Å². The van der Waals surface area contributed by atoms with Crippen molar-refractivity contribution in [2.75, 3.05) is 53.1 Å². The second-order valence-electron chi connectivity index (χ2n) is 6.38. The number of likely N-dealkylation sites (tertiary alicyclic amines) is 1. The number of ether oxygens (including phenoxy) is 2. The molecule has 2 aliphatic rings. The third-order valence-corrected chi connectivity index (χ3v) is 4.80. The molecule has 1 amide bonds. The lowest BCUT2D eigenvalue weighted by Gasteiger charge is -2.42. The molecule has 0 bridgehead atoms. The molecule has 0 radical (unpaired) electrons. The van der Waals surface area contributed by atoms with Crippen molar-refractivity contribution >= 4 is 18.3 Å². The predicted octanol–water partition coefficient (Wildman–Crippen LogP) is 1.70. The van der Waals surface area contributed by atoms with Crippen molar-refractivity contribution in [3.63, 3.8) is 0 Å². The fraction of sp³-hybridized carbons (Fsp3) is 0.938. The molecule has 130 valence electrons. The zero-order chi connectivity index (χ0) is 15.1. The SMILES string of the molecule is CCOCC1CCCN(C(=O)C2(COC)CCNCC2)C1.Cl. The van der Waals surface area contributed by atoms with Crippen molar-refractivity contribution < 1.29 is 14.3 Å². The van der Waals surface area contributed by atoms with Crippen LogP contribution in [0.4, 0.5) is 0 Å². The third kappa shape index (κ3) is 4.82. The van der Waals surface area contributed by atoms with Crippen molar-refractivity contribution in [2.24, 2.45) is 11.3 Å². The van der Waals surface area contributed by atoms with Gasteiger partial charge in [0.05, 0.1) is 18.6 Å². The van der Waals surface area contributed by atoms with Gasteiger partial charge in [0.1, 0.15) is 0 Å². The molecule has 0 saturated carbocycles. The van der Waals surface area contributed by atoms with E-state index in [1.165, 1.54) is 6.42 Å². The summed E-state index contributed by atoms with van der Waals surface area (Å²) in [6, 6.07) is 0. The topological polar surface area (TPSA) is 50.8 Å². The van der Waals surface area contributed by atoms with Gasteiger partial charge in [0, 0.05) is 26.8 Å². The number of hydrogen-bond acceptors (Lipinski definition) is 4. The highest BCUT2D eigenvalue weighted by molar-refractivity contribution is 5.85. The van der Waals surface area contributed by atoms with Crippen LogP contribution in [0, 0.1) is 11.3 Å². The molecule has 2 rings (SSSR count). The Morgan fingerprint density at radius 1 is 1.36 bits per heavy atom. The molecular formula is C16H31ClN2O3. The monoisotopic (exact) mass is 334 g/mol. The minimum Gasteiger partial charge on any atom is -0.384 e. The lowest BCUT2D eigenvalue weighted by Crippen LogP contribution is -2.54. The number of halogens is 1. The molecule has 0 aromatic heterocycles. The summed E-state index contributed by atoms with van der Waals surface area (Å²) < 4.78 is 10.9. The summed E-state index contributed by atoms with van der Waals surface area (Å²) in [5.74, 6) is 0.788. The number of amides is 1. The Kier molecular flexibility index (Phi) is 8.69. The van der Waals surface area contributed by atoms with E-state index in [0.29, 0.717) is 18.4 Å². The van der Waals surface area contributed by atoms with E-state index in [2.05, 4.69) is 10.2 Å². The molecule has 1 atom stereocenters. The van der Waals surface area contributed by atoms with E-state index in [1.807, 2.05) is 6.92 Å². The molecule has 0 aromatic carbocycles. The first-order valence-electron chi connectivity index (χ1n) is 8.28. The van der Waals surface area contributed by atoms with Gasteiger partial charge < -0.3 is 19.7 Å². The van der Waals surface area contributed by atoms with Crippen LogP contribution in [-0.4, -0.2) is 63.9 Å². The number of hydrogen-bond donors (Lipinski definition) is 1. The van der Waals surface area contributed by atoms with Gasteiger partial charge in [-0.3, -0.25) is 4.79 Å². The molecule has 2 aliphatic heterocycles. The minimum atomic E-state index is -0.312. The maximum atomic E-state index is 13.1. The second kappa shape index (κ2) is 9.71.